The third-order valence-electron chi connectivity index (χ3n) is 4.49. The quantitative estimate of drug-likeness (QED) is 0.443. The summed E-state index contributed by atoms with van der Waals surface area (Å²) in [5.74, 6) is 0.929. The number of benzene rings is 1. The number of nitrogens with one attached hydrogen (secondary N) is 2. The molecule has 1 aromatic carbocycles. The maximum atomic E-state index is 11.3. The summed E-state index contributed by atoms with van der Waals surface area (Å²) < 4.78 is 22.6. The van der Waals surface area contributed by atoms with Crippen LogP contribution in [0.2, 0.25) is 0 Å². The smallest absolute Gasteiger partial charge is 0.191 e. The Balaban J connectivity index is 2.47. The Morgan fingerprint density at radius 3 is 2.44 bits per heavy atom. The van der Waals surface area contributed by atoms with Crippen molar-refractivity contribution in [3.63, 3.8) is 0 Å². The van der Waals surface area contributed by atoms with Gasteiger partial charge in [0.05, 0.1) is 5.75 Å². The number of nitrogens with zero attached hydrogens (tertiary/aromatic N) is 2. The largest absolute Gasteiger partial charge is 0.357 e. The molecule has 0 fully saturated rings. The van der Waals surface area contributed by atoms with Gasteiger partial charge in [0.15, 0.2) is 5.96 Å². The molecule has 27 heavy (non-hydrogen) atoms. The zero-order valence-corrected chi connectivity index (χ0v) is 18.2. The van der Waals surface area contributed by atoms with Crippen LogP contribution in [0, 0.1) is 0 Å². The van der Waals surface area contributed by atoms with Gasteiger partial charge in [0, 0.05) is 38.0 Å². The molecule has 0 amide bonds. The maximum Gasteiger partial charge on any atom is 0.191 e. The first-order chi connectivity index (χ1) is 12.7. The molecule has 2 unspecified atom stereocenters. The van der Waals surface area contributed by atoms with Gasteiger partial charge in [-0.15, -0.1) is 0 Å². The van der Waals surface area contributed by atoms with E-state index in [1.807, 2.05) is 19.9 Å². The first-order valence-electron chi connectivity index (χ1n) is 9.68. The molecule has 0 aromatic heterocycles. The molecule has 6 nitrogen and oxygen atoms in total. The molecule has 2 N–H and O–H groups in total. The monoisotopic (exact) mass is 396 g/mol. The molecular formula is C20H36N4O2S. The lowest BCUT2D eigenvalue weighted by Gasteiger charge is -2.24. The molecule has 154 valence electrons. The second-order valence-electron chi connectivity index (χ2n) is 7.26. The van der Waals surface area contributed by atoms with Gasteiger partial charge in [-0.05, 0) is 46.2 Å². The number of guanidine groups is 1. The topological polar surface area (TPSA) is 73.8 Å². The highest BCUT2D eigenvalue weighted by Gasteiger charge is 2.11. The van der Waals surface area contributed by atoms with Crippen LogP contribution in [-0.2, 0) is 16.4 Å². The lowest BCUT2D eigenvalue weighted by atomic mass is 10.1. The van der Waals surface area contributed by atoms with Crippen LogP contribution in [0.5, 0.6) is 0 Å². The van der Waals surface area contributed by atoms with E-state index in [1.54, 1.807) is 0 Å². The first-order valence-corrected chi connectivity index (χ1v) is 11.7. The second kappa shape index (κ2) is 12.0. The molecule has 2 atom stereocenters. The summed E-state index contributed by atoms with van der Waals surface area (Å²) in [6.07, 6.45) is 2.80. The molecule has 0 aliphatic rings. The van der Waals surface area contributed by atoms with Crippen LogP contribution < -0.4 is 10.6 Å². The van der Waals surface area contributed by atoms with E-state index in [4.69, 9.17) is 0 Å². The summed E-state index contributed by atoms with van der Waals surface area (Å²) in [4.78, 5) is 6.98. The highest BCUT2D eigenvalue weighted by atomic mass is 32.2. The van der Waals surface area contributed by atoms with E-state index in [9.17, 15) is 8.42 Å². The average Bonchev–Trinajstić information content (AvgIpc) is 2.60. The fourth-order valence-corrected chi connectivity index (χ4v) is 3.41. The summed E-state index contributed by atoms with van der Waals surface area (Å²) in [5.41, 5.74) is 1.31. The highest BCUT2D eigenvalue weighted by Crippen LogP contribution is 2.08. The predicted molar refractivity (Wildman–Crippen MR) is 115 cm³/mol. The zero-order chi connectivity index (χ0) is 20.3. The number of sulfone groups is 1. The summed E-state index contributed by atoms with van der Waals surface area (Å²) in [5, 5.41) is 6.52. The normalized spacial score (nSPS) is 14.8. The molecule has 0 spiro atoms. The van der Waals surface area contributed by atoms with Crippen molar-refractivity contribution in [3.8, 4) is 0 Å². The van der Waals surface area contributed by atoms with E-state index in [2.05, 4.69) is 58.8 Å². The fraction of sp³-hybridized carbons (Fsp3) is 0.650. The van der Waals surface area contributed by atoms with Crippen molar-refractivity contribution in [2.75, 3.05) is 32.1 Å². The lowest BCUT2D eigenvalue weighted by Crippen LogP contribution is -2.43. The molecular weight excluding hydrogens is 360 g/mol. The Bertz CT molecular complexity index is 662. The molecule has 7 heteroatoms. The van der Waals surface area contributed by atoms with Crippen molar-refractivity contribution >= 4 is 15.8 Å². The fourth-order valence-electron chi connectivity index (χ4n) is 2.63. The van der Waals surface area contributed by atoms with Gasteiger partial charge < -0.3 is 10.6 Å². The van der Waals surface area contributed by atoms with Crippen molar-refractivity contribution in [1.29, 1.82) is 0 Å². The molecule has 1 rings (SSSR count). The molecule has 0 aliphatic carbocycles. The van der Waals surface area contributed by atoms with E-state index >= 15 is 0 Å². The van der Waals surface area contributed by atoms with Crippen LogP contribution in [-0.4, -0.2) is 63.5 Å². The highest BCUT2D eigenvalue weighted by molar-refractivity contribution is 7.90. The number of rotatable bonds is 11. The summed E-state index contributed by atoms with van der Waals surface area (Å²) in [7, 11) is -0.800. The zero-order valence-electron chi connectivity index (χ0n) is 17.4. The van der Waals surface area contributed by atoms with Gasteiger partial charge in [-0.2, -0.15) is 0 Å². The lowest BCUT2D eigenvalue weighted by molar-refractivity contribution is 0.240. The van der Waals surface area contributed by atoms with Crippen LogP contribution in [0.3, 0.4) is 0 Å². The van der Waals surface area contributed by atoms with Crippen molar-refractivity contribution in [3.05, 3.63) is 35.9 Å². The van der Waals surface area contributed by atoms with Crippen molar-refractivity contribution in [2.24, 2.45) is 4.99 Å². The molecule has 0 aliphatic heterocycles. The SMILES string of the molecule is CCNC(=NCCC(C)N(C)Cc1ccccc1)NC(C)CCS(C)(=O)=O. The maximum absolute atomic E-state index is 11.3. The Kier molecular flexibility index (Phi) is 10.4. The molecule has 0 saturated heterocycles. The van der Waals surface area contributed by atoms with Gasteiger partial charge in [0.2, 0.25) is 0 Å². The van der Waals surface area contributed by atoms with Crippen LogP contribution in [0.25, 0.3) is 0 Å². The van der Waals surface area contributed by atoms with E-state index < -0.39 is 9.84 Å². The first kappa shape index (κ1) is 23.4. The summed E-state index contributed by atoms with van der Waals surface area (Å²) in [6.45, 7) is 8.63. The standard InChI is InChI=1S/C20H36N4O2S/c1-6-21-20(23-17(2)13-15-27(5,25)26)22-14-12-18(3)24(4)16-19-10-8-7-9-11-19/h7-11,17-18H,6,12-16H2,1-5H3,(H2,21,22,23). The van der Waals surface area contributed by atoms with Gasteiger partial charge in [0.25, 0.3) is 0 Å². The van der Waals surface area contributed by atoms with Crippen molar-refractivity contribution in [1.82, 2.24) is 15.5 Å². The summed E-state index contributed by atoms with van der Waals surface area (Å²) >= 11 is 0. The van der Waals surface area contributed by atoms with Crippen LogP contribution in [0.4, 0.5) is 0 Å². The number of hydrogen-bond donors (Lipinski definition) is 2. The predicted octanol–water partition coefficient (Wildman–Crippen LogP) is 2.28. The van der Waals surface area contributed by atoms with E-state index in [0.717, 1.165) is 25.5 Å². The van der Waals surface area contributed by atoms with Crippen LogP contribution in [0.1, 0.15) is 39.2 Å². The van der Waals surface area contributed by atoms with Crippen LogP contribution in [0.15, 0.2) is 35.3 Å². The molecule has 0 radical (unpaired) electrons. The van der Waals surface area contributed by atoms with Crippen molar-refractivity contribution < 1.29 is 8.42 Å². The van der Waals surface area contributed by atoms with Gasteiger partial charge in [-0.1, -0.05) is 30.3 Å². The third-order valence-corrected chi connectivity index (χ3v) is 5.47. The molecule has 0 bridgehead atoms. The average molecular weight is 397 g/mol. The van der Waals surface area contributed by atoms with E-state index in [-0.39, 0.29) is 11.8 Å². The molecule has 0 saturated carbocycles. The Morgan fingerprint density at radius 2 is 1.85 bits per heavy atom. The number of hydrogen-bond acceptors (Lipinski definition) is 4. The van der Waals surface area contributed by atoms with Gasteiger partial charge >= 0.3 is 0 Å². The minimum Gasteiger partial charge on any atom is -0.357 e. The minimum atomic E-state index is -2.94. The Hall–Kier alpha value is -1.60. The Labute approximate surface area is 165 Å². The van der Waals surface area contributed by atoms with E-state index in [1.165, 1.54) is 11.8 Å². The summed E-state index contributed by atoms with van der Waals surface area (Å²) in [6, 6.07) is 10.9. The van der Waals surface area contributed by atoms with Gasteiger partial charge in [0.1, 0.15) is 9.84 Å². The third kappa shape index (κ3) is 11.0. The minimum absolute atomic E-state index is 0.0516. The van der Waals surface area contributed by atoms with Crippen molar-refractivity contribution in [2.45, 2.75) is 52.2 Å². The van der Waals surface area contributed by atoms with E-state index in [0.29, 0.717) is 19.0 Å². The molecule has 0 heterocycles. The second-order valence-corrected chi connectivity index (χ2v) is 9.52. The van der Waals surface area contributed by atoms with Gasteiger partial charge in [-0.3, -0.25) is 9.89 Å². The number of aliphatic imine (C=N–C) groups is 1. The van der Waals surface area contributed by atoms with Crippen LogP contribution >= 0.6 is 0 Å². The Morgan fingerprint density at radius 1 is 1.19 bits per heavy atom. The molecule has 1 aromatic rings. The van der Waals surface area contributed by atoms with Gasteiger partial charge in [-0.25, -0.2) is 8.42 Å².